The number of nitrogens with zero attached hydrogens (tertiary/aromatic N) is 1. The summed E-state index contributed by atoms with van der Waals surface area (Å²) in [5, 5.41) is 7.60. The number of methoxy groups -OCH3 is 1. The monoisotopic (exact) mass is 371 g/mol. The van der Waals surface area contributed by atoms with Gasteiger partial charge in [0.05, 0.1) is 13.3 Å². The van der Waals surface area contributed by atoms with Gasteiger partial charge in [0.1, 0.15) is 0 Å². The maximum atomic E-state index is 11.1. The summed E-state index contributed by atoms with van der Waals surface area (Å²) in [5.74, 6) is 0.395. The average Bonchev–Trinajstić information content (AvgIpc) is 2.58. The van der Waals surface area contributed by atoms with Gasteiger partial charge in [-0.1, -0.05) is 17.7 Å². The van der Waals surface area contributed by atoms with Crippen LogP contribution in [0, 0.1) is 13.8 Å². The largest absolute Gasteiger partial charge is 0.493 e. The van der Waals surface area contributed by atoms with Crippen LogP contribution in [0.3, 0.4) is 0 Å². The standard InChI is InChI=1S/C19H21N3O3S/c1-12-5-7-16(13(2)9-12)21-19(26)22-20-11-15-6-8-17(25-14(3)23)18(10-15)24-4/h5-11H,1-4H3,(H2,21,22,26)/b20-11-. The topological polar surface area (TPSA) is 71.9 Å². The molecule has 136 valence electrons. The molecule has 7 heteroatoms. The third kappa shape index (κ3) is 5.56. The lowest BCUT2D eigenvalue weighted by molar-refractivity contribution is -0.132. The van der Waals surface area contributed by atoms with Gasteiger partial charge in [0.15, 0.2) is 16.6 Å². The normalized spacial score (nSPS) is 10.5. The first kappa shape index (κ1) is 19.4. The summed E-state index contributed by atoms with van der Waals surface area (Å²) in [6.07, 6.45) is 1.59. The Morgan fingerprint density at radius 2 is 1.92 bits per heavy atom. The maximum absolute atomic E-state index is 11.1. The molecule has 0 fully saturated rings. The second-order valence-electron chi connectivity index (χ2n) is 5.65. The molecule has 0 amide bonds. The number of ether oxygens (including phenoxy) is 2. The lowest BCUT2D eigenvalue weighted by Crippen LogP contribution is -2.24. The van der Waals surface area contributed by atoms with Crippen LogP contribution in [0.5, 0.6) is 11.5 Å². The first-order chi connectivity index (χ1) is 12.4. The number of carbonyl (C=O) groups is 1. The van der Waals surface area contributed by atoms with Gasteiger partial charge in [-0.3, -0.25) is 10.2 Å². The van der Waals surface area contributed by atoms with Crippen molar-refractivity contribution in [1.29, 1.82) is 0 Å². The van der Waals surface area contributed by atoms with Gasteiger partial charge in [0.25, 0.3) is 0 Å². The van der Waals surface area contributed by atoms with Crippen LogP contribution in [0.1, 0.15) is 23.6 Å². The zero-order valence-corrected chi connectivity index (χ0v) is 15.9. The van der Waals surface area contributed by atoms with E-state index in [-0.39, 0.29) is 0 Å². The first-order valence-corrected chi connectivity index (χ1v) is 8.33. The van der Waals surface area contributed by atoms with Gasteiger partial charge in [-0.2, -0.15) is 5.10 Å². The number of rotatable bonds is 5. The number of hydrogen-bond donors (Lipinski definition) is 2. The van der Waals surface area contributed by atoms with Crippen LogP contribution in [0.4, 0.5) is 5.69 Å². The van der Waals surface area contributed by atoms with Gasteiger partial charge >= 0.3 is 5.97 Å². The van der Waals surface area contributed by atoms with Crippen LogP contribution >= 0.6 is 12.2 Å². The summed E-state index contributed by atoms with van der Waals surface area (Å²) in [6, 6.07) is 11.2. The number of carbonyl (C=O) groups excluding carboxylic acids is 1. The van der Waals surface area contributed by atoms with E-state index in [0.29, 0.717) is 16.6 Å². The summed E-state index contributed by atoms with van der Waals surface area (Å²) in [4.78, 5) is 11.1. The van der Waals surface area contributed by atoms with Gasteiger partial charge in [-0.05, 0) is 61.5 Å². The molecule has 0 aliphatic rings. The van der Waals surface area contributed by atoms with E-state index in [4.69, 9.17) is 21.7 Å². The summed E-state index contributed by atoms with van der Waals surface area (Å²) in [6.45, 7) is 5.39. The first-order valence-electron chi connectivity index (χ1n) is 7.93. The molecule has 0 atom stereocenters. The van der Waals surface area contributed by atoms with E-state index in [2.05, 4.69) is 21.9 Å². The van der Waals surface area contributed by atoms with Crippen molar-refractivity contribution in [1.82, 2.24) is 5.43 Å². The number of thiocarbonyl (C=S) groups is 1. The molecule has 0 spiro atoms. The molecule has 2 aromatic carbocycles. The second-order valence-corrected chi connectivity index (χ2v) is 6.05. The van der Waals surface area contributed by atoms with Crippen molar-refractivity contribution in [2.75, 3.05) is 12.4 Å². The van der Waals surface area contributed by atoms with E-state index in [1.165, 1.54) is 19.6 Å². The number of esters is 1. The quantitative estimate of drug-likeness (QED) is 0.275. The van der Waals surface area contributed by atoms with Gasteiger partial charge < -0.3 is 14.8 Å². The van der Waals surface area contributed by atoms with Crippen molar-refractivity contribution in [2.24, 2.45) is 5.10 Å². The molecular weight excluding hydrogens is 350 g/mol. The van der Waals surface area contributed by atoms with Crippen molar-refractivity contribution in [3.05, 3.63) is 53.1 Å². The number of hydrogen-bond acceptors (Lipinski definition) is 5. The third-order valence-electron chi connectivity index (χ3n) is 3.45. The molecule has 2 rings (SSSR count). The smallest absolute Gasteiger partial charge is 0.308 e. The molecule has 26 heavy (non-hydrogen) atoms. The zero-order chi connectivity index (χ0) is 19.1. The van der Waals surface area contributed by atoms with E-state index in [1.807, 2.05) is 26.0 Å². The Morgan fingerprint density at radius 1 is 1.15 bits per heavy atom. The fourth-order valence-corrected chi connectivity index (χ4v) is 2.44. The Hall–Kier alpha value is -2.93. The molecule has 0 radical (unpaired) electrons. The molecule has 0 unspecified atom stereocenters. The highest BCUT2D eigenvalue weighted by molar-refractivity contribution is 7.80. The summed E-state index contributed by atoms with van der Waals surface area (Å²) >= 11 is 5.24. The second kappa shape index (κ2) is 8.96. The number of hydrazone groups is 1. The Bertz CT molecular complexity index is 850. The lowest BCUT2D eigenvalue weighted by atomic mass is 10.1. The van der Waals surface area contributed by atoms with Gasteiger partial charge in [-0.15, -0.1) is 0 Å². The number of benzene rings is 2. The lowest BCUT2D eigenvalue weighted by Gasteiger charge is -2.10. The Kier molecular flexibility index (Phi) is 6.68. The Labute approximate surface area is 158 Å². The van der Waals surface area contributed by atoms with Crippen molar-refractivity contribution >= 4 is 35.2 Å². The molecular formula is C19H21N3O3S. The highest BCUT2D eigenvalue weighted by Gasteiger charge is 2.07. The van der Waals surface area contributed by atoms with Gasteiger partial charge in [0, 0.05) is 12.6 Å². The molecule has 0 aromatic heterocycles. The molecule has 0 saturated carbocycles. The maximum Gasteiger partial charge on any atom is 0.308 e. The fraction of sp³-hybridized carbons (Fsp3) is 0.211. The molecule has 2 aromatic rings. The van der Waals surface area contributed by atoms with Crippen LogP contribution in [0.2, 0.25) is 0 Å². The predicted octanol–water partition coefficient (Wildman–Crippen LogP) is 3.56. The van der Waals surface area contributed by atoms with Gasteiger partial charge in [-0.25, -0.2) is 0 Å². The molecule has 6 nitrogen and oxygen atoms in total. The number of nitrogens with one attached hydrogen (secondary N) is 2. The summed E-state index contributed by atoms with van der Waals surface area (Å²) < 4.78 is 10.3. The van der Waals surface area contributed by atoms with Crippen LogP contribution in [-0.4, -0.2) is 24.4 Å². The Balaban J connectivity index is 1.99. The van der Waals surface area contributed by atoms with Crippen molar-refractivity contribution in [3.8, 4) is 11.5 Å². The summed E-state index contributed by atoms with van der Waals surface area (Å²) in [7, 11) is 1.50. The SMILES string of the molecule is COc1cc(/C=N\NC(=S)Nc2ccc(C)cc2C)ccc1OC(C)=O. The van der Waals surface area contributed by atoms with E-state index >= 15 is 0 Å². The van der Waals surface area contributed by atoms with Gasteiger partial charge in [0.2, 0.25) is 0 Å². The zero-order valence-electron chi connectivity index (χ0n) is 15.1. The van der Waals surface area contributed by atoms with Crippen LogP contribution in [0.25, 0.3) is 0 Å². The summed E-state index contributed by atoms with van der Waals surface area (Å²) in [5.41, 5.74) is 6.75. The van der Waals surface area contributed by atoms with Crippen molar-refractivity contribution < 1.29 is 14.3 Å². The highest BCUT2D eigenvalue weighted by Crippen LogP contribution is 2.27. The molecule has 0 aliphatic heterocycles. The Morgan fingerprint density at radius 3 is 2.58 bits per heavy atom. The van der Waals surface area contributed by atoms with Crippen molar-refractivity contribution in [3.63, 3.8) is 0 Å². The van der Waals surface area contributed by atoms with E-state index < -0.39 is 5.97 Å². The molecule has 2 N–H and O–H groups in total. The molecule has 0 aliphatic carbocycles. The van der Waals surface area contributed by atoms with Crippen LogP contribution < -0.4 is 20.2 Å². The van der Waals surface area contributed by atoms with Crippen LogP contribution in [-0.2, 0) is 4.79 Å². The highest BCUT2D eigenvalue weighted by atomic mass is 32.1. The fourth-order valence-electron chi connectivity index (χ4n) is 2.27. The van der Waals surface area contributed by atoms with Crippen LogP contribution in [0.15, 0.2) is 41.5 Å². The minimum atomic E-state index is -0.408. The number of aryl methyl sites for hydroxylation is 2. The molecule has 0 heterocycles. The van der Waals surface area contributed by atoms with Crippen molar-refractivity contribution in [2.45, 2.75) is 20.8 Å². The third-order valence-corrected chi connectivity index (χ3v) is 3.64. The minimum absolute atomic E-state index is 0.358. The average molecular weight is 371 g/mol. The predicted molar refractivity (Wildman–Crippen MR) is 107 cm³/mol. The molecule has 0 bridgehead atoms. The van der Waals surface area contributed by atoms with E-state index in [0.717, 1.165) is 16.8 Å². The minimum Gasteiger partial charge on any atom is -0.493 e. The van der Waals surface area contributed by atoms with E-state index in [9.17, 15) is 4.79 Å². The number of anilines is 1. The molecule has 0 saturated heterocycles. The van der Waals surface area contributed by atoms with E-state index in [1.54, 1.807) is 24.4 Å².